The Hall–Kier alpha value is -2.86. The number of nitrogens with zero attached hydrogens (tertiary/aromatic N) is 2. The van der Waals surface area contributed by atoms with Crippen LogP contribution in [0.3, 0.4) is 0 Å². The van der Waals surface area contributed by atoms with Crippen LogP contribution in [0, 0.1) is 13.8 Å². The molecule has 4 rings (SSSR count). The van der Waals surface area contributed by atoms with Crippen molar-refractivity contribution < 1.29 is 9.59 Å². The molecule has 0 aromatic heterocycles. The number of rotatable bonds is 5. The SMILES string of the molecule is Cc1cc(C)cc(NC(=O)C(=O)NC[C@@H](c2ccc3c(c2)CCCN3C)N2CCCCC2)c1. The summed E-state index contributed by atoms with van der Waals surface area (Å²) in [4.78, 5) is 30.0. The van der Waals surface area contributed by atoms with E-state index < -0.39 is 11.8 Å². The molecule has 0 aliphatic carbocycles. The molecule has 0 bridgehead atoms. The molecule has 2 heterocycles. The minimum Gasteiger partial charge on any atom is -0.374 e. The van der Waals surface area contributed by atoms with Crippen molar-refractivity contribution in [1.82, 2.24) is 10.2 Å². The van der Waals surface area contributed by atoms with Crippen LogP contribution in [0.15, 0.2) is 36.4 Å². The molecular weight excluding hydrogens is 412 g/mol. The third-order valence-electron chi connectivity index (χ3n) is 6.81. The Kier molecular flexibility index (Phi) is 7.33. The van der Waals surface area contributed by atoms with E-state index in [0.29, 0.717) is 12.2 Å². The number of anilines is 2. The number of nitrogens with one attached hydrogen (secondary N) is 2. The van der Waals surface area contributed by atoms with Gasteiger partial charge in [-0.1, -0.05) is 24.6 Å². The van der Waals surface area contributed by atoms with Gasteiger partial charge in [0.2, 0.25) is 0 Å². The number of carbonyl (C=O) groups excluding carboxylic acids is 2. The molecule has 1 fully saturated rings. The van der Waals surface area contributed by atoms with Crippen molar-refractivity contribution in [2.45, 2.75) is 52.0 Å². The van der Waals surface area contributed by atoms with Crippen LogP contribution in [0.1, 0.15) is 54.0 Å². The zero-order chi connectivity index (χ0) is 23.4. The second-order valence-corrected chi connectivity index (χ2v) is 9.57. The number of aryl methyl sites for hydroxylation is 3. The average molecular weight is 449 g/mol. The minimum atomic E-state index is -0.621. The van der Waals surface area contributed by atoms with Gasteiger partial charge in [-0.3, -0.25) is 14.5 Å². The van der Waals surface area contributed by atoms with E-state index >= 15 is 0 Å². The quantitative estimate of drug-likeness (QED) is 0.680. The summed E-state index contributed by atoms with van der Waals surface area (Å²) in [6.07, 6.45) is 5.85. The van der Waals surface area contributed by atoms with Crippen LogP contribution >= 0.6 is 0 Å². The van der Waals surface area contributed by atoms with Crippen LogP contribution in [-0.2, 0) is 16.0 Å². The van der Waals surface area contributed by atoms with Crippen molar-refractivity contribution in [2.24, 2.45) is 0 Å². The minimum absolute atomic E-state index is 0.0702. The normalized spacial score (nSPS) is 17.2. The van der Waals surface area contributed by atoms with Crippen LogP contribution in [-0.4, -0.2) is 49.9 Å². The van der Waals surface area contributed by atoms with Crippen molar-refractivity contribution in [3.8, 4) is 0 Å². The molecule has 2 amide bonds. The maximum absolute atomic E-state index is 12.7. The monoisotopic (exact) mass is 448 g/mol. The van der Waals surface area contributed by atoms with E-state index in [9.17, 15) is 9.59 Å². The Bertz CT molecular complexity index is 993. The molecular formula is C27H36N4O2. The third kappa shape index (κ3) is 5.74. The lowest BCUT2D eigenvalue weighted by atomic mass is 9.95. The Labute approximate surface area is 197 Å². The van der Waals surface area contributed by atoms with E-state index in [4.69, 9.17) is 0 Å². The van der Waals surface area contributed by atoms with Gasteiger partial charge in [-0.2, -0.15) is 0 Å². The number of hydrogen-bond acceptors (Lipinski definition) is 4. The second-order valence-electron chi connectivity index (χ2n) is 9.57. The fourth-order valence-corrected chi connectivity index (χ4v) is 5.20. The summed E-state index contributed by atoms with van der Waals surface area (Å²) in [5.41, 5.74) is 6.66. The van der Waals surface area contributed by atoms with Crippen LogP contribution in [0.2, 0.25) is 0 Å². The molecule has 6 nitrogen and oxygen atoms in total. The molecule has 1 saturated heterocycles. The van der Waals surface area contributed by atoms with Crippen molar-refractivity contribution in [2.75, 3.05) is 43.4 Å². The summed E-state index contributed by atoms with van der Waals surface area (Å²) in [5, 5.41) is 5.66. The Morgan fingerprint density at radius 2 is 1.64 bits per heavy atom. The fourth-order valence-electron chi connectivity index (χ4n) is 5.20. The largest absolute Gasteiger partial charge is 0.374 e. The number of likely N-dealkylation sites (tertiary alicyclic amines) is 1. The van der Waals surface area contributed by atoms with Crippen LogP contribution in [0.25, 0.3) is 0 Å². The molecule has 0 spiro atoms. The van der Waals surface area contributed by atoms with Gasteiger partial charge < -0.3 is 15.5 Å². The molecule has 2 N–H and O–H groups in total. The van der Waals surface area contributed by atoms with Gasteiger partial charge in [-0.05, 0) is 93.1 Å². The number of benzene rings is 2. The highest BCUT2D eigenvalue weighted by molar-refractivity contribution is 6.39. The molecule has 0 unspecified atom stereocenters. The summed E-state index contributed by atoms with van der Waals surface area (Å²) in [7, 11) is 2.15. The predicted molar refractivity (Wildman–Crippen MR) is 134 cm³/mol. The fraction of sp³-hybridized carbons (Fsp3) is 0.481. The van der Waals surface area contributed by atoms with Gasteiger partial charge in [0.25, 0.3) is 0 Å². The first-order chi connectivity index (χ1) is 15.9. The molecule has 2 aliphatic rings. The lowest BCUT2D eigenvalue weighted by molar-refractivity contribution is -0.136. The van der Waals surface area contributed by atoms with Crippen LogP contribution in [0.5, 0.6) is 0 Å². The smallest absolute Gasteiger partial charge is 0.313 e. The maximum atomic E-state index is 12.7. The number of hydrogen-bond donors (Lipinski definition) is 2. The summed E-state index contributed by atoms with van der Waals surface area (Å²) >= 11 is 0. The number of amides is 2. The van der Waals surface area contributed by atoms with Gasteiger partial charge in [0.15, 0.2) is 0 Å². The van der Waals surface area contributed by atoms with E-state index in [1.807, 2.05) is 32.0 Å². The Balaban J connectivity index is 1.46. The first-order valence-electron chi connectivity index (χ1n) is 12.2. The van der Waals surface area contributed by atoms with Gasteiger partial charge in [-0.25, -0.2) is 0 Å². The zero-order valence-corrected chi connectivity index (χ0v) is 20.1. The lowest BCUT2D eigenvalue weighted by Gasteiger charge is -2.36. The first kappa shape index (κ1) is 23.3. The first-order valence-corrected chi connectivity index (χ1v) is 12.2. The van der Waals surface area contributed by atoms with Crippen LogP contribution < -0.4 is 15.5 Å². The maximum Gasteiger partial charge on any atom is 0.313 e. The molecule has 0 saturated carbocycles. The molecule has 2 aromatic rings. The molecule has 0 radical (unpaired) electrons. The molecule has 176 valence electrons. The predicted octanol–water partition coefficient (Wildman–Crippen LogP) is 3.97. The third-order valence-corrected chi connectivity index (χ3v) is 6.81. The van der Waals surface area contributed by atoms with E-state index in [-0.39, 0.29) is 6.04 Å². The number of piperidine rings is 1. The highest BCUT2D eigenvalue weighted by atomic mass is 16.2. The van der Waals surface area contributed by atoms with Gasteiger partial charge in [0.1, 0.15) is 0 Å². The molecule has 1 atom stereocenters. The molecule has 33 heavy (non-hydrogen) atoms. The average Bonchev–Trinajstić information content (AvgIpc) is 2.79. The summed E-state index contributed by atoms with van der Waals surface area (Å²) < 4.78 is 0. The molecule has 2 aromatic carbocycles. The van der Waals surface area contributed by atoms with Gasteiger partial charge >= 0.3 is 11.8 Å². The van der Waals surface area contributed by atoms with E-state index in [1.165, 1.54) is 36.1 Å². The second kappa shape index (κ2) is 10.4. The van der Waals surface area contributed by atoms with Crippen molar-refractivity contribution in [3.63, 3.8) is 0 Å². The summed E-state index contributed by atoms with van der Waals surface area (Å²) in [5.74, 6) is -1.21. The molecule has 2 aliphatic heterocycles. The highest BCUT2D eigenvalue weighted by Gasteiger charge is 2.26. The summed E-state index contributed by atoms with van der Waals surface area (Å²) in [6.45, 7) is 7.50. The topological polar surface area (TPSA) is 64.7 Å². The van der Waals surface area contributed by atoms with E-state index in [0.717, 1.165) is 43.6 Å². The Morgan fingerprint density at radius 1 is 0.909 bits per heavy atom. The van der Waals surface area contributed by atoms with Gasteiger partial charge in [0.05, 0.1) is 6.04 Å². The zero-order valence-electron chi connectivity index (χ0n) is 20.1. The van der Waals surface area contributed by atoms with Crippen molar-refractivity contribution >= 4 is 23.2 Å². The summed E-state index contributed by atoms with van der Waals surface area (Å²) in [6, 6.07) is 12.6. The van der Waals surface area contributed by atoms with E-state index in [2.05, 4.69) is 45.7 Å². The standard InChI is InChI=1S/C27H36N4O2/c1-19-14-20(2)16-23(15-19)29-27(33)26(32)28-18-25(31-12-5-4-6-13-31)22-9-10-24-21(17-22)8-7-11-30(24)3/h9-10,14-17,25H,4-8,11-13,18H2,1-3H3,(H,28,32)(H,29,33)/t25-/m0/s1. The lowest BCUT2D eigenvalue weighted by Crippen LogP contribution is -2.43. The highest BCUT2D eigenvalue weighted by Crippen LogP contribution is 2.31. The van der Waals surface area contributed by atoms with Gasteiger partial charge in [0, 0.05) is 31.5 Å². The van der Waals surface area contributed by atoms with E-state index in [1.54, 1.807) is 0 Å². The van der Waals surface area contributed by atoms with Crippen molar-refractivity contribution in [3.05, 3.63) is 58.7 Å². The molecule has 6 heteroatoms. The van der Waals surface area contributed by atoms with Crippen molar-refractivity contribution in [1.29, 1.82) is 0 Å². The van der Waals surface area contributed by atoms with Gasteiger partial charge in [-0.15, -0.1) is 0 Å². The number of carbonyl (C=O) groups is 2. The Morgan fingerprint density at radius 3 is 2.36 bits per heavy atom. The van der Waals surface area contributed by atoms with Crippen LogP contribution in [0.4, 0.5) is 11.4 Å². The number of fused-ring (bicyclic) bond motifs is 1.